The predicted octanol–water partition coefficient (Wildman–Crippen LogP) is 3.86. The molecule has 174 valence electrons. The van der Waals surface area contributed by atoms with Gasteiger partial charge in [-0.05, 0) is 42.3 Å². The average molecular weight is 482 g/mol. The highest BCUT2D eigenvalue weighted by Gasteiger charge is 2.26. The molecule has 0 atom stereocenters. The van der Waals surface area contributed by atoms with E-state index in [9.17, 15) is 17.6 Å². The molecule has 1 amide bonds. The molecule has 2 aromatic rings. The third-order valence-electron chi connectivity index (χ3n) is 5.71. The highest BCUT2D eigenvalue weighted by Crippen LogP contribution is 2.25. The molecular weight excluding hydrogens is 453 g/mol. The van der Waals surface area contributed by atoms with Crippen LogP contribution in [0.1, 0.15) is 36.2 Å². The minimum atomic E-state index is -3.69. The van der Waals surface area contributed by atoms with Crippen LogP contribution in [-0.4, -0.2) is 67.7 Å². The summed E-state index contributed by atoms with van der Waals surface area (Å²) in [6.45, 7) is 7.47. The lowest BCUT2D eigenvalue weighted by Gasteiger charge is -2.23. The Balaban J connectivity index is 1.74. The maximum absolute atomic E-state index is 13.2. The maximum atomic E-state index is 13.2. The highest BCUT2D eigenvalue weighted by molar-refractivity contribution is 7.89. The number of hydrogen-bond acceptors (Lipinski definition) is 4. The molecule has 0 aromatic heterocycles. The molecule has 0 bridgehead atoms. The molecule has 0 unspecified atom stereocenters. The van der Waals surface area contributed by atoms with Gasteiger partial charge in [0.2, 0.25) is 10.0 Å². The molecule has 0 saturated carbocycles. The molecule has 1 aliphatic rings. The number of halogens is 2. The maximum Gasteiger partial charge on any atom is 0.255 e. The smallest absolute Gasteiger partial charge is 0.255 e. The van der Waals surface area contributed by atoms with Crippen molar-refractivity contribution in [3.63, 3.8) is 0 Å². The second-order valence-electron chi connectivity index (χ2n) is 7.78. The van der Waals surface area contributed by atoms with E-state index in [-0.39, 0.29) is 27.2 Å². The Hall–Kier alpha value is -2.00. The number of nitrogens with zero attached hydrogens (tertiary/aromatic N) is 3. The lowest BCUT2D eigenvalue weighted by molar-refractivity contribution is 0.0761. The van der Waals surface area contributed by atoms with Crippen molar-refractivity contribution in [3.05, 3.63) is 64.4 Å². The summed E-state index contributed by atoms with van der Waals surface area (Å²) in [5.74, 6) is -0.529. The Morgan fingerprint density at radius 3 is 2.38 bits per heavy atom. The summed E-state index contributed by atoms with van der Waals surface area (Å²) < 4.78 is 40.2. The first-order chi connectivity index (χ1) is 15.3. The number of carbonyl (C=O) groups is 1. The van der Waals surface area contributed by atoms with Crippen molar-refractivity contribution in [2.24, 2.45) is 0 Å². The van der Waals surface area contributed by atoms with Crippen LogP contribution in [0.2, 0.25) is 5.02 Å². The van der Waals surface area contributed by atoms with Crippen LogP contribution in [0.15, 0.2) is 47.4 Å². The van der Waals surface area contributed by atoms with Crippen LogP contribution in [0.25, 0.3) is 0 Å². The minimum absolute atomic E-state index is 0.0710. The van der Waals surface area contributed by atoms with E-state index in [1.54, 1.807) is 30.9 Å². The predicted molar refractivity (Wildman–Crippen MR) is 124 cm³/mol. The summed E-state index contributed by atoms with van der Waals surface area (Å²) in [6, 6.07) is 10.7. The SMILES string of the molecule is CCN(CC)S(=O)(=O)c1ccc(Cl)c(C(=O)N2CCCN(Cc3ccc(F)cc3)CC2)c1. The topological polar surface area (TPSA) is 60.9 Å². The zero-order valence-electron chi connectivity index (χ0n) is 18.4. The van der Waals surface area contributed by atoms with Crippen LogP contribution in [0.4, 0.5) is 4.39 Å². The van der Waals surface area contributed by atoms with Gasteiger partial charge in [0.25, 0.3) is 5.91 Å². The van der Waals surface area contributed by atoms with Crippen LogP contribution in [0, 0.1) is 5.82 Å². The lowest BCUT2D eigenvalue weighted by atomic mass is 10.2. The van der Waals surface area contributed by atoms with Gasteiger partial charge >= 0.3 is 0 Å². The molecule has 1 fully saturated rings. The van der Waals surface area contributed by atoms with E-state index >= 15 is 0 Å². The van der Waals surface area contributed by atoms with Crippen LogP contribution in [-0.2, 0) is 16.6 Å². The summed E-state index contributed by atoms with van der Waals surface area (Å²) in [5, 5.41) is 0.237. The quantitative estimate of drug-likeness (QED) is 0.602. The minimum Gasteiger partial charge on any atom is -0.337 e. The third-order valence-corrected chi connectivity index (χ3v) is 8.08. The molecule has 1 aliphatic heterocycles. The molecule has 0 radical (unpaired) electrons. The Morgan fingerprint density at radius 2 is 1.72 bits per heavy atom. The van der Waals surface area contributed by atoms with E-state index in [2.05, 4.69) is 4.90 Å². The zero-order valence-corrected chi connectivity index (χ0v) is 20.0. The first kappa shape index (κ1) is 24.6. The van der Waals surface area contributed by atoms with Gasteiger partial charge in [0.1, 0.15) is 5.82 Å². The van der Waals surface area contributed by atoms with Gasteiger partial charge in [0.05, 0.1) is 15.5 Å². The van der Waals surface area contributed by atoms with Crippen molar-refractivity contribution < 1.29 is 17.6 Å². The Kier molecular flexibility index (Phi) is 8.27. The van der Waals surface area contributed by atoms with Crippen molar-refractivity contribution in [1.29, 1.82) is 0 Å². The highest BCUT2D eigenvalue weighted by atomic mass is 35.5. The molecule has 1 heterocycles. The van der Waals surface area contributed by atoms with E-state index in [4.69, 9.17) is 11.6 Å². The molecule has 2 aromatic carbocycles. The second kappa shape index (κ2) is 10.7. The van der Waals surface area contributed by atoms with Gasteiger partial charge in [0.15, 0.2) is 0 Å². The molecular formula is C23H29ClFN3O3S. The number of amides is 1. The van der Waals surface area contributed by atoms with Crippen molar-refractivity contribution in [3.8, 4) is 0 Å². The molecule has 0 N–H and O–H groups in total. The van der Waals surface area contributed by atoms with E-state index in [1.807, 2.05) is 0 Å². The Labute approximate surface area is 194 Å². The fourth-order valence-corrected chi connectivity index (χ4v) is 5.57. The monoisotopic (exact) mass is 481 g/mol. The summed E-state index contributed by atoms with van der Waals surface area (Å²) in [6.07, 6.45) is 0.780. The Morgan fingerprint density at radius 1 is 1.03 bits per heavy atom. The van der Waals surface area contributed by atoms with Gasteiger partial charge in [-0.15, -0.1) is 0 Å². The normalized spacial score (nSPS) is 15.7. The lowest BCUT2D eigenvalue weighted by Crippen LogP contribution is -2.35. The number of hydrogen-bond donors (Lipinski definition) is 0. The third kappa shape index (κ3) is 5.67. The van der Waals surface area contributed by atoms with Gasteiger partial charge in [0, 0.05) is 45.8 Å². The zero-order chi connectivity index (χ0) is 23.3. The van der Waals surface area contributed by atoms with Gasteiger partial charge < -0.3 is 4.90 Å². The van der Waals surface area contributed by atoms with E-state index in [1.165, 1.54) is 34.6 Å². The van der Waals surface area contributed by atoms with Crippen LogP contribution >= 0.6 is 11.6 Å². The standard InChI is InChI=1S/C23H29ClFN3O3S/c1-3-28(4-2)32(30,31)20-10-11-22(24)21(16-20)23(29)27-13-5-12-26(14-15-27)17-18-6-8-19(25)9-7-18/h6-11,16H,3-5,12-15,17H2,1-2H3. The van der Waals surface area contributed by atoms with Gasteiger partial charge in [-0.25, -0.2) is 12.8 Å². The number of carbonyl (C=O) groups excluding carboxylic acids is 1. The van der Waals surface area contributed by atoms with Gasteiger partial charge in [-0.2, -0.15) is 4.31 Å². The first-order valence-electron chi connectivity index (χ1n) is 10.8. The van der Waals surface area contributed by atoms with E-state index in [0.29, 0.717) is 39.3 Å². The van der Waals surface area contributed by atoms with Crippen molar-refractivity contribution >= 4 is 27.5 Å². The molecule has 0 spiro atoms. The number of sulfonamides is 1. The largest absolute Gasteiger partial charge is 0.337 e. The summed E-state index contributed by atoms with van der Waals surface area (Å²) in [7, 11) is -3.69. The molecule has 9 heteroatoms. The summed E-state index contributed by atoms with van der Waals surface area (Å²) in [4.78, 5) is 17.3. The summed E-state index contributed by atoms with van der Waals surface area (Å²) in [5.41, 5.74) is 1.22. The molecule has 0 aliphatic carbocycles. The van der Waals surface area contributed by atoms with Crippen LogP contribution in [0.3, 0.4) is 0 Å². The number of rotatable bonds is 7. The molecule has 1 saturated heterocycles. The fourth-order valence-electron chi connectivity index (χ4n) is 3.89. The summed E-state index contributed by atoms with van der Waals surface area (Å²) >= 11 is 6.30. The average Bonchev–Trinajstić information content (AvgIpc) is 3.01. The van der Waals surface area contributed by atoms with Gasteiger partial charge in [-0.1, -0.05) is 37.6 Å². The van der Waals surface area contributed by atoms with Crippen molar-refractivity contribution in [2.75, 3.05) is 39.3 Å². The number of benzene rings is 2. The van der Waals surface area contributed by atoms with E-state index in [0.717, 1.165) is 18.5 Å². The van der Waals surface area contributed by atoms with Crippen molar-refractivity contribution in [1.82, 2.24) is 14.1 Å². The fraction of sp³-hybridized carbons (Fsp3) is 0.435. The molecule has 3 rings (SSSR count). The molecule has 6 nitrogen and oxygen atoms in total. The van der Waals surface area contributed by atoms with Crippen LogP contribution in [0.5, 0.6) is 0 Å². The Bertz CT molecular complexity index is 1040. The van der Waals surface area contributed by atoms with Crippen LogP contribution < -0.4 is 0 Å². The second-order valence-corrected chi connectivity index (χ2v) is 10.1. The molecule has 32 heavy (non-hydrogen) atoms. The van der Waals surface area contributed by atoms with Gasteiger partial charge in [-0.3, -0.25) is 9.69 Å². The van der Waals surface area contributed by atoms with Crippen molar-refractivity contribution in [2.45, 2.75) is 31.7 Å². The van der Waals surface area contributed by atoms with E-state index < -0.39 is 10.0 Å². The first-order valence-corrected chi connectivity index (χ1v) is 12.6.